The van der Waals surface area contributed by atoms with Crippen molar-refractivity contribution in [1.82, 2.24) is 0 Å². The number of esters is 1. The van der Waals surface area contributed by atoms with Gasteiger partial charge in [-0.05, 0) is 11.6 Å². The fraction of sp³-hybridized carbons (Fsp3) is 0.0667. The summed E-state index contributed by atoms with van der Waals surface area (Å²) >= 11 is 0. The third kappa shape index (κ3) is 4.00. The van der Waals surface area contributed by atoms with Crippen LogP contribution in [0.5, 0.6) is 0 Å². The summed E-state index contributed by atoms with van der Waals surface area (Å²) in [4.78, 5) is 22.7. The van der Waals surface area contributed by atoms with Gasteiger partial charge in [0.1, 0.15) is 6.61 Å². The fourth-order valence-electron chi connectivity index (χ4n) is 1.64. The van der Waals surface area contributed by atoms with Crippen molar-refractivity contribution in [3.05, 3.63) is 71.3 Å². The Morgan fingerprint density at radius 2 is 1.45 bits per heavy atom. The third-order valence-electron chi connectivity index (χ3n) is 2.58. The molecule has 20 heavy (non-hydrogen) atoms. The Labute approximate surface area is 129 Å². The van der Waals surface area contributed by atoms with Crippen molar-refractivity contribution in [2.45, 2.75) is 6.61 Å². The van der Waals surface area contributed by atoms with Crippen molar-refractivity contribution in [3.8, 4) is 0 Å². The molecular weight excluding hydrogens is 310 g/mol. The second kappa shape index (κ2) is 7.56. The van der Waals surface area contributed by atoms with Crippen LogP contribution in [0.3, 0.4) is 0 Å². The van der Waals surface area contributed by atoms with E-state index in [0.29, 0.717) is 0 Å². The summed E-state index contributed by atoms with van der Waals surface area (Å²) in [7, 11) is 0. The van der Waals surface area contributed by atoms with E-state index in [1.807, 2.05) is 30.3 Å². The van der Waals surface area contributed by atoms with E-state index in [9.17, 15) is 14.7 Å². The van der Waals surface area contributed by atoms with E-state index in [4.69, 9.17) is 4.74 Å². The number of benzene rings is 2. The normalized spacial score (nSPS) is 9.40. The SMILES string of the molecule is O=C([O-])c1ccccc1C(=O)OCc1ccccc1.[Zn+]. The van der Waals surface area contributed by atoms with Crippen LogP contribution in [0.4, 0.5) is 0 Å². The molecule has 2 aromatic carbocycles. The van der Waals surface area contributed by atoms with Crippen LogP contribution in [0.1, 0.15) is 26.3 Å². The molecule has 97 valence electrons. The minimum Gasteiger partial charge on any atom is -0.545 e. The van der Waals surface area contributed by atoms with Crippen molar-refractivity contribution < 1.29 is 38.9 Å². The summed E-state index contributed by atoms with van der Waals surface area (Å²) in [6.07, 6.45) is 0. The van der Waals surface area contributed by atoms with E-state index in [0.717, 1.165) is 5.56 Å². The predicted molar refractivity (Wildman–Crippen MR) is 66.3 cm³/mol. The zero-order valence-corrected chi connectivity index (χ0v) is 13.7. The number of hydrogen-bond donors (Lipinski definition) is 0. The summed E-state index contributed by atoms with van der Waals surface area (Å²) in [6, 6.07) is 15.0. The summed E-state index contributed by atoms with van der Waals surface area (Å²) in [5, 5.41) is 10.9. The van der Waals surface area contributed by atoms with Gasteiger partial charge in [-0.15, -0.1) is 0 Å². The molecule has 0 amide bonds. The Morgan fingerprint density at radius 1 is 0.900 bits per heavy atom. The van der Waals surface area contributed by atoms with Crippen LogP contribution < -0.4 is 5.11 Å². The van der Waals surface area contributed by atoms with E-state index < -0.39 is 11.9 Å². The van der Waals surface area contributed by atoms with E-state index in [2.05, 4.69) is 0 Å². The van der Waals surface area contributed by atoms with Crippen molar-refractivity contribution >= 4 is 11.9 Å². The maximum atomic E-state index is 11.8. The first kappa shape index (κ1) is 16.1. The van der Waals surface area contributed by atoms with Gasteiger partial charge in [-0.25, -0.2) is 4.79 Å². The average Bonchev–Trinajstić information content (AvgIpc) is 2.46. The number of rotatable bonds is 4. The van der Waals surface area contributed by atoms with Crippen molar-refractivity contribution in [3.63, 3.8) is 0 Å². The fourth-order valence-corrected chi connectivity index (χ4v) is 1.64. The topological polar surface area (TPSA) is 66.4 Å². The van der Waals surface area contributed by atoms with E-state index in [1.54, 1.807) is 6.07 Å². The predicted octanol–water partition coefficient (Wildman–Crippen LogP) is 1.40. The van der Waals surface area contributed by atoms with Crippen molar-refractivity contribution in [1.29, 1.82) is 0 Å². The molecule has 0 fully saturated rings. The molecule has 0 aliphatic heterocycles. The molecule has 1 radical (unpaired) electrons. The van der Waals surface area contributed by atoms with Crippen LogP contribution in [0.15, 0.2) is 54.6 Å². The minimum absolute atomic E-state index is 0. The third-order valence-corrected chi connectivity index (χ3v) is 2.58. The summed E-state index contributed by atoms with van der Waals surface area (Å²) < 4.78 is 5.07. The van der Waals surface area contributed by atoms with Gasteiger partial charge in [0.05, 0.1) is 11.5 Å². The van der Waals surface area contributed by atoms with Gasteiger partial charge >= 0.3 is 25.4 Å². The number of ether oxygens (including phenoxy) is 1. The molecule has 2 rings (SSSR count). The molecule has 0 unspecified atom stereocenters. The summed E-state index contributed by atoms with van der Waals surface area (Å²) in [6.45, 7) is 0.0983. The average molecular weight is 321 g/mol. The first-order chi connectivity index (χ1) is 9.18. The van der Waals surface area contributed by atoms with Crippen LogP contribution in [-0.2, 0) is 30.8 Å². The van der Waals surface area contributed by atoms with Gasteiger partial charge in [-0.3, -0.25) is 0 Å². The largest absolute Gasteiger partial charge is 1.00 e. The molecule has 0 saturated heterocycles. The number of carbonyl (C=O) groups is 2. The number of carboxylic acids is 1. The van der Waals surface area contributed by atoms with Gasteiger partial charge in [-0.1, -0.05) is 48.5 Å². The van der Waals surface area contributed by atoms with Gasteiger partial charge < -0.3 is 14.6 Å². The molecule has 0 aliphatic rings. The Kier molecular flexibility index (Phi) is 6.07. The quantitative estimate of drug-likeness (QED) is 0.631. The molecule has 0 aromatic heterocycles. The van der Waals surface area contributed by atoms with Gasteiger partial charge in [0, 0.05) is 5.56 Å². The summed E-state index contributed by atoms with van der Waals surface area (Å²) in [5.41, 5.74) is 0.667. The van der Waals surface area contributed by atoms with Crippen LogP contribution in [0, 0.1) is 0 Å². The molecule has 0 saturated carbocycles. The molecule has 5 heteroatoms. The van der Waals surface area contributed by atoms with Crippen molar-refractivity contribution in [2.75, 3.05) is 0 Å². The van der Waals surface area contributed by atoms with Gasteiger partial charge in [0.15, 0.2) is 0 Å². The molecule has 0 N–H and O–H groups in total. The maximum absolute atomic E-state index is 11.8. The Hall–Kier alpha value is -2.00. The molecule has 2 aromatic rings. The van der Waals surface area contributed by atoms with E-state index >= 15 is 0 Å². The monoisotopic (exact) mass is 319 g/mol. The number of hydrogen-bond acceptors (Lipinski definition) is 4. The van der Waals surface area contributed by atoms with Gasteiger partial charge in [0.2, 0.25) is 0 Å². The van der Waals surface area contributed by atoms with Crippen LogP contribution in [0.25, 0.3) is 0 Å². The second-order valence-electron chi connectivity index (χ2n) is 3.89. The second-order valence-corrected chi connectivity index (χ2v) is 3.89. The molecule has 0 heterocycles. The molecule has 4 nitrogen and oxygen atoms in total. The number of carbonyl (C=O) groups excluding carboxylic acids is 2. The van der Waals surface area contributed by atoms with Gasteiger partial charge in [0.25, 0.3) is 0 Å². The van der Waals surface area contributed by atoms with E-state index in [-0.39, 0.29) is 37.2 Å². The first-order valence-corrected chi connectivity index (χ1v) is 5.70. The molecule has 0 atom stereocenters. The molecule has 0 aliphatic carbocycles. The minimum atomic E-state index is -1.40. The Bertz CT molecular complexity index is 596. The molecule has 0 spiro atoms. The zero-order valence-electron chi connectivity index (χ0n) is 10.7. The number of aromatic carboxylic acids is 1. The molecule has 0 bridgehead atoms. The standard InChI is InChI=1S/C15H12O4.Zn/c16-14(17)12-8-4-5-9-13(12)15(18)19-10-11-6-2-1-3-7-11;/h1-9H,10H2,(H,16,17);/q;+1/p-1. The smallest absolute Gasteiger partial charge is 0.545 e. The first-order valence-electron chi connectivity index (χ1n) is 5.70. The van der Waals surface area contributed by atoms with Crippen LogP contribution >= 0.6 is 0 Å². The van der Waals surface area contributed by atoms with Crippen LogP contribution in [-0.4, -0.2) is 11.9 Å². The number of carboxylic acid groups (broad SMARTS) is 1. The summed E-state index contributed by atoms with van der Waals surface area (Å²) in [5.74, 6) is -2.07. The maximum Gasteiger partial charge on any atom is 1.00 e. The van der Waals surface area contributed by atoms with E-state index in [1.165, 1.54) is 18.2 Å². The molecular formula is C15H11O4Zn. The van der Waals surface area contributed by atoms with Crippen molar-refractivity contribution in [2.24, 2.45) is 0 Å². The van der Waals surface area contributed by atoms with Gasteiger partial charge in [-0.2, -0.15) is 0 Å². The van der Waals surface area contributed by atoms with Crippen LogP contribution in [0.2, 0.25) is 0 Å². The Morgan fingerprint density at radius 3 is 2.05 bits per heavy atom. The zero-order chi connectivity index (χ0) is 13.7. The Balaban J connectivity index is 0.00000200.